The van der Waals surface area contributed by atoms with Gasteiger partial charge >= 0.3 is 24.6 Å². The molecule has 0 aliphatic carbocycles. The Labute approximate surface area is 76.2 Å². The van der Waals surface area contributed by atoms with E-state index in [-0.39, 0.29) is 5.54 Å². The Morgan fingerprint density at radius 3 is 1.30 bits per heavy atom. The number of hydrogen-bond donors (Lipinski definition) is 1. The van der Waals surface area contributed by atoms with Gasteiger partial charge in [0.1, 0.15) is 0 Å². The maximum absolute atomic E-state index is 7.67. The van der Waals surface area contributed by atoms with Gasteiger partial charge in [-0.1, -0.05) is 40.0 Å². The molecule has 2 nitrogen and oxygen atoms in total. The Kier molecular flexibility index (Phi) is 9.98. The summed E-state index contributed by atoms with van der Waals surface area (Å²) in [5.74, 6) is 0. The first-order valence-electron chi connectivity index (χ1n) is 3.66. The summed E-state index contributed by atoms with van der Waals surface area (Å²) >= 11 is 0.694. The van der Waals surface area contributed by atoms with Crippen molar-refractivity contribution < 1.29 is 20.9 Å². The van der Waals surface area contributed by atoms with Gasteiger partial charge in [0.05, 0.1) is 0 Å². The van der Waals surface area contributed by atoms with Crippen LogP contribution < -0.4 is 0 Å². The molecule has 61 valence electrons. The zero-order chi connectivity index (χ0) is 8.62. The van der Waals surface area contributed by atoms with Gasteiger partial charge in [0.15, 0.2) is 0 Å². The van der Waals surface area contributed by atoms with Crippen LogP contribution in [0, 0.1) is 3.76 Å². The van der Waals surface area contributed by atoms with E-state index in [0.29, 0.717) is 20.9 Å². The van der Waals surface area contributed by atoms with E-state index in [9.17, 15) is 0 Å². The molecule has 0 aromatic carbocycles. The van der Waals surface area contributed by atoms with E-state index in [1.807, 2.05) is 0 Å². The molecule has 0 aromatic rings. The normalized spacial score (nSPS) is 9.90. The third kappa shape index (κ3) is 5.30. The first-order chi connectivity index (χ1) is 4.68. The van der Waals surface area contributed by atoms with Crippen molar-refractivity contribution in [2.24, 2.45) is 0 Å². The van der Waals surface area contributed by atoms with Gasteiger partial charge in [0.2, 0.25) is 0 Å². The Bertz CT molecular complexity index is 63.7. The van der Waals surface area contributed by atoms with Gasteiger partial charge in [-0.3, -0.25) is 0 Å². The van der Waals surface area contributed by atoms with E-state index in [1.54, 1.807) is 0 Å². The Morgan fingerprint density at radius 1 is 1.10 bits per heavy atom. The minimum absolute atomic E-state index is 0.125. The average Bonchev–Trinajstić information content (AvgIpc) is 2.07. The first kappa shape index (κ1) is 13.1. The predicted octanol–water partition coefficient (Wildman–Crippen LogP) is 3.30. The summed E-state index contributed by atoms with van der Waals surface area (Å²) in [6.07, 6.45) is 2.96. The molecule has 0 aromatic heterocycles. The van der Waals surface area contributed by atoms with Crippen molar-refractivity contribution in [1.29, 1.82) is 3.76 Å². The topological polar surface area (TPSA) is 47.7 Å². The fourth-order valence-corrected chi connectivity index (χ4v) is 0.750. The van der Waals surface area contributed by atoms with Gasteiger partial charge < -0.3 is 5.73 Å². The molecule has 0 radical (unpaired) electrons. The molecule has 2 N–H and O–H groups in total. The summed E-state index contributed by atoms with van der Waals surface area (Å²) in [7, 11) is 0. The summed E-state index contributed by atoms with van der Waals surface area (Å²) in [5, 5.41) is 0. The molecular weight excluding hydrogens is 293 g/mol. The van der Waals surface area contributed by atoms with Crippen molar-refractivity contribution in [2.45, 2.75) is 45.6 Å². The Morgan fingerprint density at radius 2 is 1.30 bits per heavy atom. The van der Waals surface area contributed by atoms with Crippen LogP contribution in [0.5, 0.6) is 0 Å². The maximum atomic E-state index is 7.67. The summed E-state index contributed by atoms with van der Waals surface area (Å²) < 4.78 is 5.86. The van der Waals surface area contributed by atoms with Crippen LogP contribution in [0.15, 0.2) is 0 Å². The van der Waals surface area contributed by atoms with Crippen molar-refractivity contribution in [3.05, 3.63) is 5.73 Å². The third-order valence-corrected chi connectivity index (χ3v) is 2.03. The zero-order valence-electron chi connectivity index (χ0n) is 7.07. The standard InChI is InChI=1S/C7H16N.HN.Ta/c1-4-7(8,5-2)6-3;;/h8H,4-6H2,1-3H3;1H;/q-1;;. The van der Waals surface area contributed by atoms with Gasteiger partial charge in [0.25, 0.3) is 0 Å². The van der Waals surface area contributed by atoms with E-state index >= 15 is 0 Å². The van der Waals surface area contributed by atoms with Gasteiger partial charge in [-0.25, -0.2) is 0 Å². The van der Waals surface area contributed by atoms with Crippen LogP contribution in [-0.4, -0.2) is 5.54 Å². The van der Waals surface area contributed by atoms with Crippen molar-refractivity contribution >= 4 is 0 Å². The second-order valence-corrected chi connectivity index (χ2v) is 2.34. The molecule has 0 spiro atoms. The summed E-state index contributed by atoms with van der Waals surface area (Å²) in [5.41, 5.74) is 7.54. The number of hydrogen-bond acceptors (Lipinski definition) is 1. The van der Waals surface area contributed by atoms with Gasteiger partial charge in [-0.2, -0.15) is 0 Å². The number of nitrogens with one attached hydrogen (secondary N) is 2. The summed E-state index contributed by atoms with van der Waals surface area (Å²) in [6, 6.07) is 0. The summed E-state index contributed by atoms with van der Waals surface area (Å²) in [4.78, 5) is 0. The average molecular weight is 310 g/mol. The van der Waals surface area contributed by atoms with Crippen LogP contribution in [0.3, 0.4) is 0 Å². The van der Waals surface area contributed by atoms with E-state index < -0.39 is 0 Å². The molecule has 0 fully saturated rings. The molecule has 0 saturated heterocycles. The quantitative estimate of drug-likeness (QED) is 0.831. The number of rotatable bonds is 3. The van der Waals surface area contributed by atoms with Crippen LogP contribution in [0.4, 0.5) is 0 Å². The monoisotopic (exact) mass is 310 g/mol. The van der Waals surface area contributed by atoms with Gasteiger partial charge in [0, 0.05) is 0 Å². The molecule has 0 rings (SSSR count). The Balaban J connectivity index is 0. The van der Waals surface area contributed by atoms with Crippen molar-refractivity contribution in [1.82, 2.24) is 0 Å². The molecule has 0 unspecified atom stereocenters. The van der Waals surface area contributed by atoms with Gasteiger partial charge in [-0.05, 0) is 0 Å². The second kappa shape index (κ2) is 7.61. The minimum atomic E-state index is -0.125. The van der Waals surface area contributed by atoms with Crippen LogP contribution in [0.25, 0.3) is 5.73 Å². The molecule has 0 aliphatic rings. The predicted molar refractivity (Wildman–Crippen MR) is 40.6 cm³/mol. The van der Waals surface area contributed by atoms with Crippen LogP contribution in [0.2, 0.25) is 0 Å². The zero-order valence-corrected chi connectivity index (χ0v) is 10.3. The molecule has 0 aliphatic heterocycles. The molecule has 0 bridgehead atoms. The van der Waals surface area contributed by atoms with E-state index in [1.165, 1.54) is 0 Å². The molecule has 10 heavy (non-hydrogen) atoms. The second-order valence-electron chi connectivity index (χ2n) is 2.34. The van der Waals surface area contributed by atoms with E-state index in [2.05, 4.69) is 20.8 Å². The van der Waals surface area contributed by atoms with Crippen LogP contribution in [-0.2, 0) is 20.9 Å². The molecule has 0 saturated carbocycles. The van der Waals surface area contributed by atoms with Crippen molar-refractivity contribution in [2.75, 3.05) is 0 Å². The summed E-state index contributed by atoms with van der Waals surface area (Å²) in [6.45, 7) is 6.25. The molecule has 0 heterocycles. The SMILES string of the molecule is CCC([NH-])(CC)CC.[NH]=[Ta]. The molecular formula is C7H17N2Ta-. The van der Waals surface area contributed by atoms with Crippen molar-refractivity contribution in [3.63, 3.8) is 0 Å². The van der Waals surface area contributed by atoms with Crippen LogP contribution in [0.1, 0.15) is 40.0 Å². The fraction of sp³-hybridized carbons (Fsp3) is 1.00. The molecule has 0 atom stereocenters. The third-order valence-electron chi connectivity index (χ3n) is 2.03. The fourth-order valence-electron chi connectivity index (χ4n) is 0.750. The van der Waals surface area contributed by atoms with Gasteiger partial charge in [-0.15, -0.1) is 5.54 Å². The Hall–Kier alpha value is 0.500. The molecule has 3 heteroatoms. The first-order valence-corrected chi connectivity index (χ1v) is 5.26. The van der Waals surface area contributed by atoms with E-state index in [0.717, 1.165) is 19.3 Å². The van der Waals surface area contributed by atoms with Crippen LogP contribution >= 0.6 is 0 Å². The van der Waals surface area contributed by atoms with E-state index in [4.69, 9.17) is 9.49 Å². The van der Waals surface area contributed by atoms with Crippen molar-refractivity contribution in [3.8, 4) is 0 Å². The molecule has 0 amide bonds.